The van der Waals surface area contributed by atoms with Gasteiger partial charge in [-0.1, -0.05) is 11.6 Å². The van der Waals surface area contributed by atoms with E-state index in [1.807, 2.05) is 13.0 Å². The molecule has 2 aromatic heterocycles. The summed E-state index contributed by atoms with van der Waals surface area (Å²) in [6.45, 7) is 1.92. The smallest absolute Gasteiger partial charge is 0.223 e. The van der Waals surface area contributed by atoms with E-state index in [-0.39, 0.29) is 5.95 Å². The van der Waals surface area contributed by atoms with E-state index in [0.29, 0.717) is 10.8 Å². The predicted molar refractivity (Wildman–Crippen MR) is 48.0 cm³/mol. The number of aryl methyl sites for hydroxylation is 1. The average molecular weight is 183 g/mol. The number of nitrogens with zero attached hydrogens (tertiary/aromatic N) is 2. The number of nitrogen functional groups attached to an aromatic ring is 1. The van der Waals surface area contributed by atoms with Gasteiger partial charge in [0.05, 0.1) is 5.39 Å². The Hall–Kier alpha value is -1.29. The van der Waals surface area contributed by atoms with Crippen molar-refractivity contribution in [1.29, 1.82) is 0 Å². The number of hydrogen-bond acceptors (Lipinski definition) is 3. The summed E-state index contributed by atoms with van der Waals surface area (Å²) in [7, 11) is 0. The zero-order chi connectivity index (χ0) is 8.72. The van der Waals surface area contributed by atoms with Crippen molar-refractivity contribution in [1.82, 2.24) is 15.0 Å². The lowest BCUT2D eigenvalue weighted by Crippen LogP contribution is -1.94. The van der Waals surface area contributed by atoms with Crippen molar-refractivity contribution in [3.05, 3.63) is 16.9 Å². The molecule has 0 saturated heterocycles. The van der Waals surface area contributed by atoms with Gasteiger partial charge in [-0.3, -0.25) is 0 Å². The summed E-state index contributed by atoms with van der Waals surface area (Å²) in [5.74, 6) is 0.189. The number of anilines is 1. The predicted octanol–water partition coefficient (Wildman–Crippen LogP) is 1.50. The van der Waals surface area contributed by atoms with Crippen LogP contribution in [0.25, 0.3) is 11.0 Å². The Kier molecular flexibility index (Phi) is 1.44. The van der Waals surface area contributed by atoms with Crippen molar-refractivity contribution in [2.45, 2.75) is 6.92 Å². The van der Waals surface area contributed by atoms with Gasteiger partial charge < -0.3 is 10.7 Å². The molecule has 0 aliphatic carbocycles. The molecule has 3 N–H and O–H groups in total. The molecule has 0 spiro atoms. The number of nitrogens with one attached hydrogen (secondary N) is 1. The number of rotatable bonds is 0. The Morgan fingerprint density at radius 2 is 2.25 bits per heavy atom. The molecule has 0 amide bonds. The highest BCUT2D eigenvalue weighted by atomic mass is 35.5. The minimum absolute atomic E-state index is 0.189. The van der Waals surface area contributed by atoms with Crippen LogP contribution in [0.2, 0.25) is 5.15 Å². The van der Waals surface area contributed by atoms with Crippen LogP contribution in [-0.2, 0) is 0 Å². The first-order valence-corrected chi connectivity index (χ1v) is 3.83. The molecule has 0 fully saturated rings. The van der Waals surface area contributed by atoms with Gasteiger partial charge >= 0.3 is 0 Å². The van der Waals surface area contributed by atoms with E-state index < -0.39 is 0 Å². The van der Waals surface area contributed by atoms with Crippen molar-refractivity contribution >= 4 is 28.6 Å². The Morgan fingerprint density at radius 3 is 3.00 bits per heavy atom. The lowest BCUT2D eigenvalue weighted by molar-refractivity contribution is 1.20. The number of H-pyrrole nitrogens is 1. The summed E-state index contributed by atoms with van der Waals surface area (Å²) in [5, 5.41) is 1.20. The zero-order valence-corrected chi connectivity index (χ0v) is 7.18. The molecule has 2 heterocycles. The summed E-state index contributed by atoms with van der Waals surface area (Å²) < 4.78 is 0. The summed E-state index contributed by atoms with van der Waals surface area (Å²) in [6, 6.07) is 1.89. The lowest BCUT2D eigenvalue weighted by Gasteiger charge is -1.93. The van der Waals surface area contributed by atoms with E-state index >= 15 is 0 Å². The van der Waals surface area contributed by atoms with Gasteiger partial charge in [-0.15, -0.1) is 0 Å². The fourth-order valence-electron chi connectivity index (χ4n) is 1.12. The van der Waals surface area contributed by atoms with Crippen LogP contribution in [0.4, 0.5) is 5.95 Å². The third kappa shape index (κ3) is 1.00. The number of hydrogen-bond donors (Lipinski definition) is 2. The van der Waals surface area contributed by atoms with Crippen LogP contribution >= 0.6 is 11.6 Å². The monoisotopic (exact) mass is 182 g/mol. The maximum absolute atomic E-state index is 5.82. The highest BCUT2D eigenvalue weighted by Crippen LogP contribution is 2.21. The lowest BCUT2D eigenvalue weighted by atomic mass is 10.4. The van der Waals surface area contributed by atoms with Crippen LogP contribution < -0.4 is 5.73 Å². The van der Waals surface area contributed by atoms with E-state index in [1.54, 1.807) is 0 Å². The molecule has 0 aromatic carbocycles. The molecule has 2 rings (SSSR count). The second kappa shape index (κ2) is 2.35. The van der Waals surface area contributed by atoms with E-state index in [9.17, 15) is 0 Å². The van der Waals surface area contributed by atoms with Crippen molar-refractivity contribution < 1.29 is 0 Å². The summed E-state index contributed by atoms with van der Waals surface area (Å²) >= 11 is 5.82. The number of aromatic nitrogens is 3. The third-order valence-corrected chi connectivity index (χ3v) is 1.88. The summed E-state index contributed by atoms with van der Waals surface area (Å²) in [4.78, 5) is 10.8. The molecule has 0 aliphatic heterocycles. The van der Waals surface area contributed by atoms with Crippen molar-refractivity contribution in [3.63, 3.8) is 0 Å². The molecule has 12 heavy (non-hydrogen) atoms. The van der Waals surface area contributed by atoms with Gasteiger partial charge in [0, 0.05) is 5.69 Å². The number of nitrogens with two attached hydrogens (primary N) is 1. The first-order valence-electron chi connectivity index (χ1n) is 3.45. The van der Waals surface area contributed by atoms with Crippen LogP contribution in [0.3, 0.4) is 0 Å². The van der Waals surface area contributed by atoms with Gasteiger partial charge in [-0.25, -0.2) is 4.98 Å². The van der Waals surface area contributed by atoms with Gasteiger partial charge in [0.1, 0.15) is 10.8 Å². The molecule has 0 atom stereocenters. The Bertz CT molecular complexity index is 434. The van der Waals surface area contributed by atoms with Crippen molar-refractivity contribution in [3.8, 4) is 0 Å². The minimum Gasteiger partial charge on any atom is -0.368 e. The van der Waals surface area contributed by atoms with Crippen LogP contribution in [0, 0.1) is 6.92 Å². The van der Waals surface area contributed by atoms with Gasteiger partial charge in [-0.05, 0) is 13.0 Å². The van der Waals surface area contributed by atoms with Gasteiger partial charge in [0.25, 0.3) is 0 Å². The Morgan fingerprint density at radius 1 is 1.50 bits per heavy atom. The summed E-state index contributed by atoms with van der Waals surface area (Å²) in [5.41, 5.74) is 7.08. The van der Waals surface area contributed by atoms with Crippen LogP contribution in [0.5, 0.6) is 0 Å². The number of aromatic amines is 1. The first-order chi connectivity index (χ1) is 5.66. The molecule has 0 bridgehead atoms. The SMILES string of the molecule is Cc1cc2c(Cl)nc(N)nc2[nH]1. The largest absolute Gasteiger partial charge is 0.368 e. The topological polar surface area (TPSA) is 67.6 Å². The van der Waals surface area contributed by atoms with Crippen LogP contribution in [0.1, 0.15) is 5.69 Å². The third-order valence-electron chi connectivity index (χ3n) is 1.59. The normalized spacial score (nSPS) is 10.8. The first kappa shape index (κ1) is 7.36. The van der Waals surface area contributed by atoms with Gasteiger partial charge in [0.2, 0.25) is 5.95 Å². The second-order valence-corrected chi connectivity index (χ2v) is 2.95. The van der Waals surface area contributed by atoms with E-state index in [2.05, 4.69) is 15.0 Å². The molecule has 5 heteroatoms. The molecular weight excluding hydrogens is 176 g/mol. The standard InChI is InChI=1S/C7H7ClN4/c1-3-2-4-5(8)11-7(9)12-6(4)10-3/h2H,1H3,(H3,9,10,11,12). The fourth-order valence-corrected chi connectivity index (χ4v) is 1.35. The molecular formula is C7H7ClN4. The van der Waals surface area contributed by atoms with Crippen LogP contribution in [0.15, 0.2) is 6.07 Å². The quantitative estimate of drug-likeness (QED) is 0.607. The molecule has 62 valence electrons. The molecule has 0 saturated carbocycles. The number of fused-ring (bicyclic) bond motifs is 1. The molecule has 0 radical (unpaired) electrons. The molecule has 0 unspecified atom stereocenters. The average Bonchev–Trinajstić information content (AvgIpc) is 2.29. The van der Waals surface area contributed by atoms with Crippen molar-refractivity contribution in [2.75, 3.05) is 5.73 Å². The maximum Gasteiger partial charge on any atom is 0.223 e. The zero-order valence-electron chi connectivity index (χ0n) is 6.43. The Labute approximate surface area is 73.8 Å². The second-order valence-electron chi connectivity index (χ2n) is 2.59. The molecule has 2 aromatic rings. The van der Waals surface area contributed by atoms with Crippen LogP contribution in [-0.4, -0.2) is 15.0 Å². The van der Waals surface area contributed by atoms with E-state index in [4.69, 9.17) is 17.3 Å². The fraction of sp³-hybridized carbons (Fsp3) is 0.143. The van der Waals surface area contributed by atoms with E-state index in [1.165, 1.54) is 0 Å². The van der Waals surface area contributed by atoms with E-state index in [0.717, 1.165) is 11.1 Å². The maximum atomic E-state index is 5.82. The minimum atomic E-state index is 0.189. The van der Waals surface area contributed by atoms with Crippen molar-refractivity contribution in [2.24, 2.45) is 0 Å². The number of halogens is 1. The van der Waals surface area contributed by atoms with Gasteiger partial charge in [-0.2, -0.15) is 4.98 Å². The molecule has 0 aliphatic rings. The Balaban J connectivity index is 2.88. The highest BCUT2D eigenvalue weighted by molar-refractivity contribution is 6.34. The molecule has 4 nitrogen and oxygen atoms in total. The van der Waals surface area contributed by atoms with Gasteiger partial charge in [0.15, 0.2) is 0 Å². The summed E-state index contributed by atoms with van der Waals surface area (Å²) in [6.07, 6.45) is 0. The highest BCUT2D eigenvalue weighted by Gasteiger charge is 2.05.